The van der Waals surface area contributed by atoms with Crippen molar-refractivity contribution in [2.24, 2.45) is 5.73 Å². The van der Waals surface area contributed by atoms with Crippen molar-refractivity contribution >= 4 is 28.5 Å². The van der Waals surface area contributed by atoms with E-state index in [1.807, 2.05) is 30.3 Å². The molecule has 2 N–H and O–H groups in total. The SMILES string of the molecule is C[C@H](C(=O)N(C)C(Cc1ccccc1)C(=O)N(C)N(C)C)N(C)C(=O)/C=C/CC1(N)CCC1.Cc1ccc2ccccc2c1. The second kappa shape index (κ2) is 15.6. The Morgan fingerprint density at radius 3 is 2.05 bits per heavy atom. The van der Waals surface area contributed by atoms with Crippen molar-refractivity contribution in [3.05, 3.63) is 96.1 Å². The number of fused-ring (bicyclic) bond motifs is 1. The fourth-order valence-corrected chi connectivity index (χ4v) is 5.10. The van der Waals surface area contributed by atoms with Gasteiger partial charge in [0.05, 0.1) is 0 Å². The molecule has 236 valence electrons. The van der Waals surface area contributed by atoms with E-state index in [4.69, 9.17) is 5.73 Å². The fraction of sp³-hybridized carbons (Fsp3) is 0.417. The maximum atomic E-state index is 13.3. The van der Waals surface area contributed by atoms with E-state index in [9.17, 15) is 14.4 Å². The largest absolute Gasteiger partial charge is 0.332 e. The zero-order valence-electron chi connectivity index (χ0n) is 27.4. The molecular formula is C36H49N5O3. The summed E-state index contributed by atoms with van der Waals surface area (Å²) < 4.78 is 0. The molecular weight excluding hydrogens is 550 g/mol. The summed E-state index contributed by atoms with van der Waals surface area (Å²) >= 11 is 0. The highest BCUT2D eigenvalue weighted by atomic mass is 16.2. The van der Waals surface area contributed by atoms with Gasteiger partial charge >= 0.3 is 0 Å². The Labute approximate surface area is 263 Å². The maximum absolute atomic E-state index is 13.3. The fourth-order valence-electron chi connectivity index (χ4n) is 5.10. The lowest BCUT2D eigenvalue weighted by Crippen LogP contribution is -2.56. The molecule has 1 saturated carbocycles. The molecule has 3 aromatic carbocycles. The first-order valence-corrected chi connectivity index (χ1v) is 15.3. The number of carbonyl (C=O) groups excluding carboxylic acids is 3. The number of nitrogens with zero attached hydrogens (tertiary/aromatic N) is 4. The van der Waals surface area contributed by atoms with Crippen molar-refractivity contribution in [2.75, 3.05) is 35.2 Å². The summed E-state index contributed by atoms with van der Waals surface area (Å²) in [4.78, 5) is 42.0. The molecule has 1 fully saturated rings. The molecule has 0 heterocycles. The molecule has 1 aliphatic carbocycles. The summed E-state index contributed by atoms with van der Waals surface area (Å²) in [6.45, 7) is 3.80. The number of hydrogen-bond acceptors (Lipinski definition) is 5. The molecule has 0 aromatic heterocycles. The second-order valence-corrected chi connectivity index (χ2v) is 12.2. The van der Waals surface area contributed by atoms with Crippen LogP contribution in [0.2, 0.25) is 0 Å². The van der Waals surface area contributed by atoms with Gasteiger partial charge < -0.3 is 15.5 Å². The van der Waals surface area contributed by atoms with Crippen LogP contribution in [0.3, 0.4) is 0 Å². The van der Waals surface area contributed by atoms with Gasteiger partial charge in [-0.1, -0.05) is 84.4 Å². The van der Waals surface area contributed by atoms with Crippen molar-refractivity contribution in [3.8, 4) is 0 Å². The molecule has 3 amide bonds. The minimum absolute atomic E-state index is 0.194. The molecule has 3 aromatic rings. The number of benzene rings is 3. The molecule has 8 heteroatoms. The first-order chi connectivity index (χ1) is 20.8. The molecule has 2 atom stereocenters. The third-order valence-electron chi connectivity index (χ3n) is 8.62. The molecule has 8 nitrogen and oxygen atoms in total. The minimum Gasteiger partial charge on any atom is -0.332 e. The minimum atomic E-state index is -0.724. The Balaban J connectivity index is 0.000000397. The summed E-state index contributed by atoms with van der Waals surface area (Å²) in [6.07, 6.45) is 7.39. The highest BCUT2D eigenvalue weighted by molar-refractivity contribution is 5.94. The predicted molar refractivity (Wildman–Crippen MR) is 179 cm³/mol. The highest BCUT2D eigenvalue weighted by Crippen LogP contribution is 2.32. The van der Waals surface area contributed by atoms with Gasteiger partial charge in [0.1, 0.15) is 12.1 Å². The summed E-state index contributed by atoms with van der Waals surface area (Å²) in [7, 11) is 8.45. The van der Waals surface area contributed by atoms with Gasteiger partial charge in [0.15, 0.2) is 0 Å². The van der Waals surface area contributed by atoms with Crippen LogP contribution in [0.1, 0.15) is 43.7 Å². The standard InChI is InChI=1S/C25H39N5O3.C11H10/c1-19(28(4)22(31)14-10-15-25(26)16-11-17-25)23(32)29(5)21(24(33)30(6)27(2)3)18-20-12-8-7-9-13-20;1-9-6-7-10-4-2-3-5-11(10)8-9/h7-10,12-14,19,21H,11,15-18,26H2,1-6H3;2-8H,1H3/b14-10+;/t19-,21?;/m1./s1. The lowest BCUT2D eigenvalue weighted by molar-refractivity contribution is -0.154. The van der Waals surface area contributed by atoms with Gasteiger partial charge in [-0.25, -0.2) is 5.01 Å². The zero-order chi connectivity index (χ0) is 32.4. The van der Waals surface area contributed by atoms with Crippen molar-refractivity contribution in [1.82, 2.24) is 19.8 Å². The molecule has 0 bridgehead atoms. The van der Waals surface area contributed by atoms with Gasteiger partial charge in [-0.15, -0.1) is 0 Å². The van der Waals surface area contributed by atoms with Crippen LogP contribution in [0, 0.1) is 6.92 Å². The lowest BCUT2D eigenvalue weighted by Gasteiger charge is -2.37. The molecule has 44 heavy (non-hydrogen) atoms. The van der Waals surface area contributed by atoms with Crippen molar-refractivity contribution in [3.63, 3.8) is 0 Å². The van der Waals surface area contributed by atoms with E-state index in [0.29, 0.717) is 12.8 Å². The summed E-state index contributed by atoms with van der Waals surface area (Å²) in [5, 5.41) is 5.81. The Morgan fingerprint density at radius 1 is 0.841 bits per heavy atom. The van der Waals surface area contributed by atoms with Crippen molar-refractivity contribution < 1.29 is 14.4 Å². The number of aryl methyl sites for hydroxylation is 1. The Hall–Kier alpha value is -4.01. The van der Waals surface area contributed by atoms with Crippen LogP contribution in [0.5, 0.6) is 0 Å². The summed E-state index contributed by atoms with van der Waals surface area (Å²) in [6, 6.07) is 23.1. The number of nitrogens with two attached hydrogens (primary N) is 1. The quantitative estimate of drug-likeness (QED) is 0.267. The second-order valence-electron chi connectivity index (χ2n) is 12.2. The van der Waals surface area contributed by atoms with Gasteiger partial charge in [-0.05, 0) is 61.9 Å². The van der Waals surface area contributed by atoms with Crippen LogP contribution in [-0.4, -0.2) is 90.4 Å². The van der Waals surface area contributed by atoms with Crippen molar-refractivity contribution in [1.29, 1.82) is 0 Å². The molecule has 0 spiro atoms. The van der Waals surface area contributed by atoms with Gasteiger partial charge in [0.2, 0.25) is 11.8 Å². The smallest absolute Gasteiger partial charge is 0.259 e. The van der Waals surface area contributed by atoms with E-state index >= 15 is 0 Å². The normalized spacial score (nSPS) is 15.1. The molecule has 0 radical (unpaired) electrons. The number of hydrogen-bond donors (Lipinski definition) is 1. The molecule has 0 saturated heterocycles. The van der Waals surface area contributed by atoms with Crippen LogP contribution in [0.15, 0.2) is 84.9 Å². The molecule has 4 rings (SSSR count). The van der Waals surface area contributed by atoms with Crippen LogP contribution in [0.25, 0.3) is 10.8 Å². The van der Waals surface area contributed by atoms with E-state index < -0.39 is 12.1 Å². The van der Waals surface area contributed by atoms with Gasteiger partial charge in [0.25, 0.3) is 5.91 Å². The number of carbonyl (C=O) groups is 3. The Kier molecular flexibility index (Phi) is 12.3. The van der Waals surface area contributed by atoms with Crippen molar-refractivity contribution in [2.45, 2.75) is 63.6 Å². The van der Waals surface area contributed by atoms with E-state index in [0.717, 1.165) is 24.8 Å². The molecule has 1 aliphatic rings. The lowest BCUT2D eigenvalue weighted by atomic mass is 9.75. The molecule has 0 aliphatic heterocycles. The van der Waals surface area contributed by atoms with Gasteiger partial charge in [-0.2, -0.15) is 0 Å². The number of hydrazine groups is 1. The Morgan fingerprint density at radius 2 is 1.45 bits per heavy atom. The van der Waals surface area contributed by atoms with Gasteiger partial charge in [0, 0.05) is 47.2 Å². The summed E-state index contributed by atoms with van der Waals surface area (Å²) in [5.41, 5.74) is 8.29. The van der Waals surface area contributed by atoms with Crippen LogP contribution >= 0.6 is 0 Å². The van der Waals surface area contributed by atoms with E-state index in [2.05, 4.69) is 49.4 Å². The van der Waals surface area contributed by atoms with E-state index in [1.54, 1.807) is 53.2 Å². The first-order valence-electron chi connectivity index (χ1n) is 15.3. The topological polar surface area (TPSA) is 90.2 Å². The van der Waals surface area contributed by atoms with Crippen LogP contribution < -0.4 is 5.73 Å². The third-order valence-corrected chi connectivity index (χ3v) is 8.62. The number of rotatable bonds is 10. The molecule has 1 unspecified atom stereocenters. The monoisotopic (exact) mass is 599 g/mol. The van der Waals surface area contributed by atoms with Gasteiger partial charge in [-0.3, -0.25) is 19.4 Å². The third kappa shape index (κ3) is 9.24. The maximum Gasteiger partial charge on any atom is 0.259 e. The van der Waals surface area contributed by atoms with Crippen LogP contribution in [-0.2, 0) is 20.8 Å². The Bertz CT molecular complexity index is 1430. The average molecular weight is 600 g/mol. The highest BCUT2D eigenvalue weighted by Gasteiger charge is 2.34. The number of likely N-dealkylation sites (N-methyl/N-ethyl adjacent to an activating group) is 3. The zero-order valence-corrected chi connectivity index (χ0v) is 27.4. The van der Waals surface area contributed by atoms with E-state index in [-0.39, 0.29) is 23.3 Å². The predicted octanol–water partition coefficient (Wildman–Crippen LogP) is 4.81. The number of amides is 3. The summed E-state index contributed by atoms with van der Waals surface area (Å²) in [5.74, 6) is -0.756. The van der Waals surface area contributed by atoms with E-state index in [1.165, 1.54) is 37.2 Å². The average Bonchev–Trinajstić information content (AvgIpc) is 3.01. The first kappa shape index (κ1) is 34.5. The van der Waals surface area contributed by atoms with Crippen LogP contribution in [0.4, 0.5) is 0 Å².